The van der Waals surface area contributed by atoms with Gasteiger partial charge in [-0.15, -0.1) is 0 Å². The van der Waals surface area contributed by atoms with Gasteiger partial charge in [-0.1, -0.05) is 23.4 Å². The molecule has 0 saturated carbocycles. The zero-order valence-corrected chi connectivity index (χ0v) is 12.7. The predicted molar refractivity (Wildman–Crippen MR) is 84.2 cm³/mol. The van der Waals surface area contributed by atoms with Crippen LogP contribution in [0.3, 0.4) is 0 Å². The molecule has 1 aromatic heterocycles. The van der Waals surface area contributed by atoms with Gasteiger partial charge in [-0.2, -0.15) is 0 Å². The number of rotatable bonds is 3. The number of hydrogen-bond donors (Lipinski definition) is 2. The normalized spacial score (nSPS) is 15.2. The highest BCUT2D eigenvalue weighted by atomic mass is 16.7. The van der Waals surface area contributed by atoms with E-state index in [4.69, 9.17) is 15.3 Å². The molecule has 0 spiro atoms. The summed E-state index contributed by atoms with van der Waals surface area (Å²) in [6.07, 6.45) is -0.734. The first-order valence-corrected chi connectivity index (χ1v) is 7.26. The number of nitrogens with zero attached hydrogens (tertiary/aromatic N) is 4. The van der Waals surface area contributed by atoms with Gasteiger partial charge in [0.1, 0.15) is 0 Å². The number of anilines is 2. The highest BCUT2D eigenvalue weighted by Crippen LogP contribution is 2.12. The Kier molecular flexibility index (Phi) is 4.87. The number of hydrogen-bond acceptors (Lipinski definition) is 8. The summed E-state index contributed by atoms with van der Waals surface area (Å²) >= 11 is 0. The Morgan fingerprint density at radius 2 is 2.00 bits per heavy atom. The largest absolute Gasteiger partial charge is 0.437 e. The zero-order chi connectivity index (χ0) is 16.8. The second-order valence-corrected chi connectivity index (χ2v) is 4.88. The molecule has 0 radical (unpaired) electrons. The highest BCUT2D eigenvalue weighted by Gasteiger charge is 2.24. The Hall–Kier alpha value is -3.14. The van der Waals surface area contributed by atoms with Crippen molar-refractivity contribution in [1.29, 1.82) is 0 Å². The van der Waals surface area contributed by atoms with Crippen molar-refractivity contribution >= 4 is 23.4 Å². The summed E-state index contributed by atoms with van der Waals surface area (Å²) in [5.74, 6) is 0.326. The number of nitrogens with two attached hydrogens (primary N) is 1. The fourth-order valence-electron chi connectivity index (χ4n) is 2.12. The molecule has 24 heavy (non-hydrogen) atoms. The summed E-state index contributed by atoms with van der Waals surface area (Å²) in [4.78, 5) is 18.6. The van der Waals surface area contributed by atoms with Crippen LogP contribution in [0.5, 0.6) is 0 Å². The molecule has 1 aliphatic rings. The van der Waals surface area contributed by atoms with Gasteiger partial charge in [-0.25, -0.2) is 9.42 Å². The molecule has 3 rings (SSSR count). The number of para-hydroxylation sites is 1. The van der Waals surface area contributed by atoms with Crippen molar-refractivity contribution in [1.82, 2.24) is 15.2 Å². The van der Waals surface area contributed by atoms with E-state index in [-0.39, 0.29) is 17.3 Å². The van der Waals surface area contributed by atoms with E-state index in [0.29, 0.717) is 32.0 Å². The zero-order valence-electron chi connectivity index (χ0n) is 12.7. The minimum atomic E-state index is -0.734. The Morgan fingerprint density at radius 3 is 2.67 bits per heavy atom. The summed E-state index contributed by atoms with van der Waals surface area (Å²) in [5.41, 5.74) is 6.52. The maximum Gasteiger partial charge on any atom is 0.437 e. The molecule has 10 heteroatoms. The number of benzene rings is 1. The van der Waals surface area contributed by atoms with Gasteiger partial charge in [0.05, 0.1) is 13.2 Å². The predicted octanol–water partition coefficient (Wildman–Crippen LogP) is 0.894. The first-order chi connectivity index (χ1) is 11.7. The van der Waals surface area contributed by atoms with Crippen LogP contribution in [0.1, 0.15) is 5.69 Å². The number of aromatic nitrogens is 2. The monoisotopic (exact) mass is 332 g/mol. The molecule has 0 atom stereocenters. The van der Waals surface area contributed by atoms with Gasteiger partial charge in [0, 0.05) is 18.8 Å². The fourth-order valence-corrected chi connectivity index (χ4v) is 2.12. The third-order valence-electron chi connectivity index (χ3n) is 3.27. The summed E-state index contributed by atoms with van der Waals surface area (Å²) in [7, 11) is 0. The van der Waals surface area contributed by atoms with Crippen molar-refractivity contribution in [2.24, 2.45) is 5.16 Å². The first-order valence-electron chi connectivity index (χ1n) is 7.26. The number of amides is 1. The van der Waals surface area contributed by atoms with Gasteiger partial charge in [0.25, 0.3) is 0 Å². The number of oxime groups is 1. The molecular weight excluding hydrogens is 316 g/mol. The lowest BCUT2D eigenvalue weighted by molar-refractivity contribution is 0.0662. The standard InChI is InChI=1S/C14H16N6O4/c15-12-11(17-24-18-12)13(20-6-8-22-9-7-20)19-23-14(21)16-10-4-2-1-3-5-10/h1-5H,6-9H2,(H2,15,18)(H,16,21). The molecule has 2 heterocycles. The Morgan fingerprint density at radius 1 is 1.25 bits per heavy atom. The molecule has 1 aliphatic heterocycles. The second kappa shape index (κ2) is 7.42. The average Bonchev–Trinajstić information content (AvgIpc) is 3.03. The maximum atomic E-state index is 11.9. The van der Waals surface area contributed by atoms with Crippen LogP contribution in [-0.2, 0) is 9.57 Å². The number of carbonyl (C=O) groups is 1. The van der Waals surface area contributed by atoms with Gasteiger partial charge in [0.2, 0.25) is 5.84 Å². The number of ether oxygens (including phenoxy) is 1. The molecular formula is C14H16N6O4. The van der Waals surface area contributed by atoms with E-state index in [0.717, 1.165) is 0 Å². The van der Waals surface area contributed by atoms with E-state index < -0.39 is 6.09 Å². The number of nitrogens with one attached hydrogen (secondary N) is 1. The molecule has 1 aromatic carbocycles. The number of morpholine rings is 1. The van der Waals surface area contributed by atoms with E-state index in [1.54, 1.807) is 24.3 Å². The number of carbonyl (C=O) groups excluding carboxylic acids is 1. The smallest absolute Gasteiger partial charge is 0.379 e. The lowest BCUT2D eigenvalue weighted by atomic mass is 10.3. The van der Waals surface area contributed by atoms with E-state index >= 15 is 0 Å². The quantitative estimate of drug-likeness (QED) is 0.367. The van der Waals surface area contributed by atoms with Gasteiger partial charge in [-0.05, 0) is 22.4 Å². The van der Waals surface area contributed by atoms with Crippen LogP contribution in [0.2, 0.25) is 0 Å². The molecule has 0 bridgehead atoms. The van der Waals surface area contributed by atoms with Gasteiger partial charge in [0.15, 0.2) is 11.5 Å². The van der Waals surface area contributed by atoms with E-state index in [9.17, 15) is 4.79 Å². The van der Waals surface area contributed by atoms with Crippen LogP contribution in [0.25, 0.3) is 0 Å². The summed E-state index contributed by atoms with van der Waals surface area (Å²) in [6, 6.07) is 8.88. The van der Waals surface area contributed by atoms with Crippen molar-refractivity contribution in [2.45, 2.75) is 0 Å². The molecule has 1 amide bonds. The van der Waals surface area contributed by atoms with E-state index in [1.807, 2.05) is 11.0 Å². The molecule has 126 valence electrons. The molecule has 1 fully saturated rings. The number of nitrogen functional groups attached to an aromatic ring is 1. The van der Waals surface area contributed by atoms with Crippen molar-refractivity contribution in [3.8, 4) is 0 Å². The fraction of sp³-hybridized carbons (Fsp3) is 0.286. The molecule has 0 unspecified atom stereocenters. The summed E-state index contributed by atoms with van der Waals surface area (Å²) in [5, 5.41) is 13.7. The molecule has 0 aliphatic carbocycles. The lowest BCUT2D eigenvalue weighted by Gasteiger charge is -2.28. The third-order valence-corrected chi connectivity index (χ3v) is 3.27. The highest BCUT2D eigenvalue weighted by molar-refractivity contribution is 6.00. The van der Waals surface area contributed by atoms with Crippen molar-refractivity contribution in [3.05, 3.63) is 36.0 Å². The van der Waals surface area contributed by atoms with Crippen LogP contribution < -0.4 is 11.1 Å². The Bertz CT molecular complexity index is 711. The van der Waals surface area contributed by atoms with Crippen LogP contribution in [0.15, 0.2) is 40.1 Å². The van der Waals surface area contributed by atoms with Crippen molar-refractivity contribution < 1.29 is 19.0 Å². The van der Waals surface area contributed by atoms with Gasteiger partial charge >= 0.3 is 6.09 Å². The summed E-state index contributed by atoms with van der Waals surface area (Å²) < 4.78 is 9.89. The van der Waals surface area contributed by atoms with Crippen molar-refractivity contribution in [3.63, 3.8) is 0 Å². The molecule has 10 nitrogen and oxygen atoms in total. The van der Waals surface area contributed by atoms with Gasteiger partial charge < -0.3 is 15.4 Å². The minimum Gasteiger partial charge on any atom is -0.379 e. The van der Waals surface area contributed by atoms with Crippen LogP contribution in [0, 0.1) is 0 Å². The topological polar surface area (TPSA) is 128 Å². The SMILES string of the molecule is Nc1nonc1C(=NOC(=O)Nc1ccccc1)N1CCOCC1. The lowest BCUT2D eigenvalue weighted by Crippen LogP contribution is -2.41. The first kappa shape index (κ1) is 15.7. The molecule has 1 saturated heterocycles. The minimum absolute atomic E-state index is 0.0623. The van der Waals surface area contributed by atoms with Gasteiger partial charge in [-0.3, -0.25) is 10.2 Å². The Labute approximate surface area is 137 Å². The van der Waals surface area contributed by atoms with E-state index in [1.165, 1.54) is 0 Å². The van der Waals surface area contributed by atoms with E-state index in [2.05, 4.69) is 25.4 Å². The maximum absolute atomic E-state index is 11.9. The average molecular weight is 332 g/mol. The summed E-state index contributed by atoms with van der Waals surface area (Å²) in [6.45, 7) is 2.13. The molecule has 3 N–H and O–H groups in total. The number of amidine groups is 1. The van der Waals surface area contributed by atoms with Crippen LogP contribution in [0.4, 0.5) is 16.3 Å². The van der Waals surface area contributed by atoms with Crippen molar-refractivity contribution in [2.75, 3.05) is 37.4 Å². The van der Waals surface area contributed by atoms with Crippen LogP contribution >= 0.6 is 0 Å². The second-order valence-electron chi connectivity index (χ2n) is 4.88. The Balaban J connectivity index is 1.73. The third kappa shape index (κ3) is 3.79. The molecule has 2 aromatic rings. The van der Waals surface area contributed by atoms with Crippen LogP contribution in [-0.4, -0.2) is 53.4 Å².